The molecule has 3 nitrogen and oxygen atoms in total. The van der Waals surface area contributed by atoms with Crippen LogP contribution < -0.4 is 5.56 Å². The number of hydrogen-bond donors (Lipinski definition) is 0. The highest BCUT2D eigenvalue weighted by atomic mass is 79.9. The molecule has 0 saturated carbocycles. The molecule has 0 aliphatic carbocycles. The van der Waals surface area contributed by atoms with Crippen LogP contribution in [0, 0.1) is 25.2 Å². The topological polar surface area (TPSA) is 45.8 Å². The van der Waals surface area contributed by atoms with Gasteiger partial charge in [0.05, 0.1) is 6.54 Å². The normalized spacial score (nSPS) is 10.2. The van der Waals surface area contributed by atoms with Crippen LogP contribution in [-0.2, 0) is 6.54 Å². The second-order valence-corrected chi connectivity index (χ2v) is 5.39. The van der Waals surface area contributed by atoms with Gasteiger partial charge in [-0.1, -0.05) is 28.1 Å². The van der Waals surface area contributed by atoms with Crippen LogP contribution in [0.5, 0.6) is 0 Å². The van der Waals surface area contributed by atoms with Gasteiger partial charge < -0.3 is 4.57 Å². The molecule has 0 radical (unpaired) electrons. The van der Waals surface area contributed by atoms with Crippen molar-refractivity contribution < 1.29 is 0 Å². The summed E-state index contributed by atoms with van der Waals surface area (Å²) in [7, 11) is 0. The summed E-state index contributed by atoms with van der Waals surface area (Å²) in [5, 5.41) is 9.05. The highest BCUT2D eigenvalue weighted by molar-refractivity contribution is 9.10. The third-order valence-electron chi connectivity index (χ3n) is 3.07. The van der Waals surface area contributed by atoms with Gasteiger partial charge in [0.2, 0.25) is 0 Å². The Kier molecular flexibility index (Phi) is 3.87. The third-order valence-corrected chi connectivity index (χ3v) is 3.60. The van der Waals surface area contributed by atoms with Gasteiger partial charge in [0.1, 0.15) is 11.6 Å². The van der Waals surface area contributed by atoms with Crippen molar-refractivity contribution in [3.05, 3.63) is 67.5 Å². The molecular formula is C15H13BrN2O. The van der Waals surface area contributed by atoms with Crippen LogP contribution in [-0.4, -0.2) is 4.57 Å². The summed E-state index contributed by atoms with van der Waals surface area (Å²) in [6.07, 6.45) is 0. The van der Waals surface area contributed by atoms with Crippen molar-refractivity contribution in [3.63, 3.8) is 0 Å². The van der Waals surface area contributed by atoms with Crippen LogP contribution in [0.1, 0.15) is 22.4 Å². The number of nitrogens with zero attached hydrogens (tertiary/aromatic N) is 2. The second kappa shape index (κ2) is 5.41. The van der Waals surface area contributed by atoms with Gasteiger partial charge in [-0.2, -0.15) is 5.26 Å². The first-order valence-corrected chi connectivity index (χ1v) is 6.68. The van der Waals surface area contributed by atoms with Gasteiger partial charge in [-0.25, -0.2) is 0 Å². The first kappa shape index (κ1) is 13.6. The molecule has 1 heterocycles. The van der Waals surface area contributed by atoms with Crippen molar-refractivity contribution >= 4 is 15.9 Å². The van der Waals surface area contributed by atoms with E-state index in [4.69, 9.17) is 5.26 Å². The van der Waals surface area contributed by atoms with Gasteiger partial charge in [0.25, 0.3) is 5.56 Å². The van der Waals surface area contributed by atoms with Gasteiger partial charge in [0, 0.05) is 10.2 Å². The summed E-state index contributed by atoms with van der Waals surface area (Å²) in [5.74, 6) is 0. The van der Waals surface area contributed by atoms with E-state index in [9.17, 15) is 4.79 Å². The smallest absolute Gasteiger partial charge is 0.269 e. The van der Waals surface area contributed by atoms with Crippen molar-refractivity contribution in [1.82, 2.24) is 4.57 Å². The highest BCUT2D eigenvalue weighted by Gasteiger charge is 2.10. The Morgan fingerprint density at radius 2 is 1.89 bits per heavy atom. The average molecular weight is 317 g/mol. The van der Waals surface area contributed by atoms with E-state index in [0.717, 1.165) is 21.3 Å². The Bertz CT molecular complexity index is 709. The molecule has 0 atom stereocenters. The van der Waals surface area contributed by atoms with Gasteiger partial charge in [-0.15, -0.1) is 0 Å². The minimum atomic E-state index is -0.220. The Morgan fingerprint density at radius 3 is 2.47 bits per heavy atom. The zero-order valence-corrected chi connectivity index (χ0v) is 12.4. The average Bonchev–Trinajstić information content (AvgIpc) is 2.37. The Labute approximate surface area is 120 Å². The van der Waals surface area contributed by atoms with E-state index in [0.29, 0.717) is 6.54 Å². The summed E-state index contributed by atoms with van der Waals surface area (Å²) in [5.41, 5.74) is 2.63. The number of aromatic nitrogens is 1. The molecule has 0 spiro atoms. The predicted octanol–water partition coefficient (Wildman–Crippen LogP) is 3.15. The van der Waals surface area contributed by atoms with E-state index in [1.807, 2.05) is 43.3 Å². The SMILES string of the molecule is Cc1cc(C)n(Cc2ccc(Br)cc2)c(=O)c1C#N. The van der Waals surface area contributed by atoms with Crippen LogP contribution in [0.3, 0.4) is 0 Å². The summed E-state index contributed by atoms with van der Waals surface area (Å²) in [6, 6.07) is 11.7. The van der Waals surface area contributed by atoms with Crippen LogP contribution >= 0.6 is 15.9 Å². The van der Waals surface area contributed by atoms with Gasteiger partial charge in [0.15, 0.2) is 0 Å². The monoisotopic (exact) mass is 316 g/mol. The van der Waals surface area contributed by atoms with Gasteiger partial charge in [-0.3, -0.25) is 4.79 Å². The van der Waals surface area contributed by atoms with Crippen molar-refractivity contribution in [3.8, 4) is 6.07 Å². The summed E-state index contributed by atoms with van der Waals surface area (Å²) >= 11 is 3.38. The molecule has 0 aliphatic heterocycles. The van der Waals surface area contributed by atoms with Crippen LogP contribution in [0.4, 0.5) is 0 Å². The maximum atomic E-state index is 12.2. The van der Waals surface area contributed by atoms with Crippen molar-refractivity contribution in [1.29, 1.82) is 5.26 Å². The van der Waals surface area contributed by atoms with Crippen LogP contribution in [0.15, 0.2) is 39.6 Å². The number of halogens is 1. The lowest BCUT2D eigenvalue weighted by atomic mass is 10.1. The summed E-state index contributed by atoms with van der Waals surface area (Å²) < 4.78 is 2.64. The fraction of sp³-hybridized carbons (Fsp3) is 0.200. The number of benzene rings is 1. The van der Waals surface area contributed by atoms with E-state index in [-0.39, 0.29) is 11.1 Å². The maximum absolute atomic E-state index is 12.2. The van der Waals surface area contributed by atoms with E-state index in [2.05, 4.69) is 15.9 Å². The molecule has 0 unspecified atom stereocenters. The quantitative estimate of drug-likeness (QED) is 0.854. The maximum Gasteiger partial charge on any atom is 0.269 e. The van der Waals surface area contributed by atoms with E-state index >= 15 is 0 Å². The molecule has 0 amide bonds. The molecule has 0 saturated heterocycles. The molecule has 0 fully saturated rings. The molecular weight excluding hydrogens is 304 g/mol. The van der Waals surface area contributed by atoms with Gasteiger partial charge in [-0.05, 0) is 43.2 Å². The van der Waals surface area contributed by atoms with Crippen LogP contribution in [0.25, 0.3) is 0 Å². The highest BCUT2D eigenvalue weighted by Crippen LogP contribution is 2.12. The number of rotatable bonds is 2. The minimum absolute atomic E-state index is 0.220. The van der Waals surface area contributed by atoms with E-state index in [1.54, 1.807) is 11.5 Å². The van der Waals surface area contributed by atoms with Crippen molar-refractivity contribution in [2.24, 2.45) is 0 Å². The molecule has 96 valence electrons. The van der Waals surface area contributed by atoms with Crippen LogP contribution in [0.2, 0.25) is 0 Å². The number of pyridine rings is 1. The molecule has 4 heteroatoms. The second-order valence-electron chi connectivity index (χ2n) is 4.47. The number of aryl methyl sites for hydroxylation is 2. The molecule has 0 N–H and O–H groups in total. The standard InChI is InChI=1S/C15H13BrN2O/c1-10-7-11(2)18(15(19)14(10)8-17)9-12-3-5-13(16)6-4-12/h3-7H,9H2,1-2H3. The third kappa shape index (κ3) is 2.77. The summed E-state index contributed by atoms with van der Waals surface area (Å²) in [6.45, 7) is 4.15. The molecule has 0 aliphatic rings. The lowest BCUT2D eigenvalue weighted by molar-refractivity contribution is 0.724. The van der Waals surface area contributed by atoms with Gasteiger partial charge >= 0.3 is 0 Å². The largest absolute Gasteiger partial charge is 0.307 e. The number of hydrogen-bond acceptors (Lipinski definition) is 2. The summed E-state index contributed by atoms with van der Waals surface area (Å²) in [4.78, 5) is 12.2. The first-order chi connectivity index (χ1) is 9.02. The Morgan fingerprint density at radius 1 is 1.26 bits per heavy atom. The first-order valence-electron chi connectivity index (χ1n) is 5.88. The Hall–Kier alpha value is -1.86. The lowest BCUT2D eigenvalue weighted by Gasteiger charge is -2.12. The zero-order valence-electron chi connectivity index (χ0n) is 10.8. The number of nitriles is 1. The fourth-order valence-electron chi connectivity index (χ4n) is 2.03. The lowest BCUT2D eigenvalue weighted by Crippen LogP contribution is -2.26. The zero-order chi connectivity index (χ0) is 14.0. The molecule has 1 aromatic heterocycles. The molecule has 2 aromatic rings. The Balaban J connectivity index is 2.49. The van der Waals surface area contributed by atoms with E-state index in [1.165, 1.54) is 0 Å². The minimum Gasteiger partial charge on any atom is -0.307 e. The molecule has 19 heavy (non-hydrogen) atoms. The molecule has 0 bridgehead atoms. The fourth-order valence-corrected chi connectivity index (χ4v) is 2.30. The van der Waals surface area contributed by atoms with Crippen molar-refractivity contribution in [2.45, 2.75) is 20.4 Å². The van der Waals surface area contributed by atoms with Crippen molar-refractivity contribution in [2.75, 3.05) is 0 Å². The molecule has 2 rings (SSSR count). The molecule has 1 aromatic carbocycles. The van der Waals surface area contributed by atoms with E-state index < -0.39 is 0 Å². The predicted molar refractivity (Wildman–Crippen MR) is 78.1 cm³/mol.